The summed E-state index contributed by atoms with van der Waals surface area (Å²) in [6.45, 7) is -0.492. The Balaban J connectivity index is 1.35. The van der Waals surface area contributed by atoms with Crippen molar-refractivity contribution in [3.8, 4) is 11.1 Å². The number of esters is 1. The summed E-state index contributed by atoms with van der Waals surface area (Å²) in [4.78, 5) is 36.5. The predicted octanol–water partition coefficient (Wildman–Crippen LogP) is 4.10. The highest BCUT2D eigenvalue weighted by Gasteiger charge is 2.32. The number of benzene rings is 3. The van der Waals surface area contributed by atoms with Gasteiger partial charge in [-0.3, -0.25) is 14.4 Å². The molecule has 0 bridgehead atoms. The molecule has 0 radical (unpaired) electrons. The fourth-order valence-electron chi connectivity index (χ4n) is 3.46. The van der Waals surface area contributed by atoms with Crippen molar-refractivity contribution < 1.29 is 23.5 Å². The normalized spacial score (nSPS) is 14.9. The molecule has 3 aromatic carbocycles. The summed E-state index contributed by atoms with van der Waals surface area (Å²) in [6, 6.07) is 20.9. The molecular weight excluding hydrogens is 399 g/mol. The molecule has 2 amide bonds. The minimum atomic E-state index is -0.887. The van der Waals surface area contributed by atoms with Gasteiger partial charge in [0.25, 0.3) is 5.91 Å². The van der Waals surface area contributed by atoms with Crippen molar-refractivity contribution >= 4 is 29.2 Å². The maximum absolute atomic E-state index is 13.4. The highest BCUT2D eigenvalue weighted by Crippen LogP contribution is 2.33. The number of halogens is 1. The summed E-state index contributed by atoms with van der Waals surface area (Å²) >= 11 is 0. The van der Waals surface area contributed by atoms with Crippen LogP contribution in [-0.4, -0.2) is 24.4 Å². The van der Waals surface area contributed by atoms with Gasteiger partial charge in [-0.15, -0.1) is 0 Å². The fourth-order valence-corrected chi connectivity index (χ4v) is 3.46. The maximum atomic E-state index is 13.4. The molecule has 1 atom stereocenters. The lowest BCUT2D eigenvalue weighted by Crippen LogP contribution is -2.30. The molecule has 0 fully saturated rings. The zero-order valence-corrected chi connectivity index (χ0v) is 16.4. The van der Waals surface area contributed by atoms with Crippen molar-refractivity contribution in [2.45, 2.75) is 12.3 Å². The van der Waals surface area contributed by atoms with Crippen molar-refractivity contribution in [1.82, 2.24) is 0 Å². The van der Waals surface area contributed by atoms with Gasteiger partial charge in [-0.25, -0.2) is 4.39 Å². The second-order valence-electron chi connectivity index (χ2n) is 7.14. The third kappa shape index (κ3) is 4.78. The summed E-state index contributed by atoms with van der Waals surface area (Å²) in [5.41, 5.74) is 3.34. The van der Waals surface area contributed by atoms with E-state index in [1.807, 2.05) is 42.5 Å². The van der Waals surface area contributed by atoms with Gasteiger partial charge in [0.05, 0.1) is 5.92 Å². The molecule has 0 spiro atoms. The largest absolute Gasteiger partial charge is 0.455 e. The van der Waals surface area contributed by atoms with E-state index in [0.29, 0.717) is 11.3 Å². The van der Waals surface area contributed by atoms with Crippen LogP contribution in [0.1, 0.15) is 17.9 Å². The van der Waals surface area contributed by atoms with Gasteiger partial charge in [0, 0.05) is 17.8 Å². The Bertz CT molecular complexity index is 1130. The van der Waals surface area contributed by atoms with E-state index in [-0.39, 0.29) is 12.1 Å². The summed E-state index contributed by atoms with van der Waals surface area (Å²) in [5.74, 6) is -3.03. The molecule has 3 aromatic rings. The molecule has 0 saturated carbocycles. The minimum absolute atomic E-state index is 0.125. The number of rotatable bonds is 5. The Kier molecular flexibility index (Phi) is 5.75. The number of anilines is 2. The van der Waals surface area contributed by atoms with Crippen LogP contribution in [0.25, 0.3) is 11.1 Å². The van der Waals surface area contributed by atoms with E-state index in [0.717, 1.165) is 17.2 Å². The molecule has 6 nitrogen and oxygen atoms in total. The van der Waals surface area contributed by atoms with Gasteiger partial charge >= 0.3 is 5.97 Å². The molecule has 0 aromatic heterocycles. The molecule has 0 saturated heterocycles. The summed E-state index contributed by atoms with van der Waals surface area (Å²) in [7, 11) is 0. The number of amides is 2. The van der Waals surface area contributed by atoms with Gasteiger partial charge in [0.15, 0.2) is 6.61 Å². The predicted molar refractivity (Wildman–Crippen MR) is 114 cm³/mol. The van der Waals surface area contributed by atoms with E-state index in [4.69, 9.17) is 4.74 Å². The summed E-state index contributed by atoms with van der Waals surface area (Å²) < 4.78 is 18.5. The van der Waals surface area contributed by atoms with Crippen molar-refractivity contribution in [3.05, 3.63) is 84.2 Å². The van der Waals surface area contributed by atoms with Gasteiger partial charge in [0.2, 0.25) is 5.91 Å². The lowest BCUT2D eigenvalue weighted by Gasteiger charge is -2.24. The number of carbonyl (C=O) groups is 3. The Labute approximate surface area is 178 Å². The van der Waals surface area contributed by atoms with Crippen LogP contribution in [0.3, 0.4) is 0 Å². The zero-order valence-electron chi connectivity index (χ0n) is 16.4. The van der Waals surface area contributed by atoms with Crippen LogP contribution < -0.4 is 10.6 Å². The second kappa shape index (κ2) is 8.79. The molecule has 156 valence electrons. The van der Waals surface area contributed by atoms with E-state index in [2.05, 4.69) is 10.6 Å². The lowest BCUT2D eigenvalue weighted by molar-refractivity contribution is -0.149. The van der Waals surface area contributed by atoms with Crippen LogP contribution in [0, 0.1) is 5.82 Å². The van der Waals surface area contributed by atoms with E-state index in [9.17, 15) is 18.8 Å². The number of carbonyl (C=O) groups excluding carboxylic acids is 3. The van der Waals surface area contributed by atoms with Crippen LogP contribution in [0.5, 0.6) is 0 Å². The van der Waals surface area contributed by atoms with Crippen LogP contribution in [0.4, 0.5) is 15.8 Å². The Morgan fingerprint density at radius 3 is 2.45 bits per heavy atom. The molecule has 1 aliphatic heterocycles. The van der Waals surface area contributed by atoms with Gasteiger partial charge in [-0.2, -0.15) is 0 Å². The molecular formula is C24H19FN2O4. The zero-order chi connectivity index (χ0) is 21.8. The van der Waals surface area contributed by atoms with Gasteiger partial charge in [-0.1, -0.05) is 48.5 Å². The van der Waals surface area contributed by atoms with E-state index in [1.165, 1.54) is 12.1 Å². The number of ether oxygens (including phenoxy) is 1. The van der Waals surface area contributed by atoms with E-state index in [1.54, 1.807) is 12.1 Å². The van der Waals surface area contributed by atoms with Gasteiger partial charge in [-0.05, 0) is 41.0 Å². The average molecular weight is 418 g/mol. The fraction of sp³-hybridized carbons (Fsp3) is 0.125. The first kappa shape index (κ1) is 20.3. The molecule has 1 heterocycles. The van der Waals surface area contributed by atoms with Crippen LogP contribution in [0.15, 0.2) is 72.8 Å². The highest BCUT2D eigenvalue weighted by atomic mass is 19.1. The third-order valence-electron chi connectivity index (χ3n) is 4.96. The van der Waals surface area contributed by atoms with Crippen molar-refractivity contribution in [2.24, 2.45) is 0 Å². The second-order valence-corrected chi connectivity index (χ2v) is 7.14. The first-order valence-electron chi connectivity index (χ1n) is 9.71. The van der Waals surface area contributed by atoms with Crippen LogP contribution in [0.2, 0.25) is 0 Å². The summed E-state index contributed by atoms with van der Waals surface area (Å²) in [6.07, 6.45) is -0.125. The Morgan fingerprint density at radius 1 is 1.00 bits per heavy atom. The summed E-state index contributed by atoms with van der Waals surface area (Å²) in [5, 5.41) is 5.20. The molecule has 31 heavy (non-hydrogen) atoms. The van der Waals surface area contributed by atoms with Crippen molar-refractivity contribution in [3.63, 3.8) is 0 Å². The monoisotopic (exact) mass is 418 g/mol. The lowest BCUT2D eigenvalue weighted by atomic mass is 9.90. The van der Waals surface area contributed by atoms with Gasteiger partial charge < -0.3 is 15.4 Å². The smallest absolute Gasteiger partial charge is 0.314 e. The maximum Gasteiger partial charge on any atom is 0.314 e. The Morgan fingerprint density at radius 2 is 1.71 bits per heavy atom. The average Bonchev–Trinajstić information content (AvgIpc) is 2.77. The van der Waals surface area contributed by atoms with E-state index >= 15 is 0 Å². The third-order valence-corrected chi connectivity index (χ3v) is 4.96. The quantitative estimate of drug-likeness (QED) is 0.611. The first-order chi connectivity index (χ1) is 15.0. The van der Waals surface area contributed by atoms with Crippen molar-refractivity contribution in [2.75, 3.05) is 17.2 Å². The van der Waals surface area contributed by atoms with Crippen LogP contribution >= 0.6 is 0 Å². The number of hydrogen-bond acceptors (Lipinski definition) is 4. The molecule has 1 aliphatic rings. The first-order valence-corrected chi connectivity index (χ1v) is 9.71. The molecule has 2 N–H and O–H groups in total. The molecule has 1 unspecified atom stereocenters. The number of nitrogens with one attached hydrogen (secondary N) is 2. The Hall–Kier alpha value is -4.00. The minimum Gasteiger partial charge on any atom is -0.455 e. The molecule has 4 rings (SSSR count). The van der Waals surface area contributed by atoms with Gasteiger partial charge in [0.1, 0.15) is 5.82 Å². The molecule has 7 heteroatoms. The topological polar surface area (TPSA) is 84.5 Å². The molecule has 0 aliphatic carbocycles. The standard InChI is InChI=1S/C24H19FN2O4/c25-17-8-11-19-20(13-22(28)27-21(19)12-17)24(30)31-14-23(29)26-18-9-6-16(7-10-18)15-4-2-1-3-5-15/h1-12,20H,13-14H2,(H,26,29)(H,27,28). The SMILES string of the molecule is O=C(COC(=O)C1CC(=O)Nc2cc(F)ccc21)Nc1ccc(-c2ccccc2)cc1. The van der Waals surface area contributed by atoms with E-state index < -0.39 is 36.1 Å². The highest BCUT2D eigenvalue weighted by molar-refractivity contribution is 6.00. The number of hydrogen-bond donors (Lipinski definition) is 2. The van der Waals surface area contributed by atoms with Crippen molar-refractivity contribution in [1.29, 1.82) is 0 Å². The number of fused-ring (bicyclic) bond motifs is 1. The van der Waals surface area contributed by atoms with Crippen LogP contribution in [-0.2, 0) is 19.1 Å².